The molecule has 0 bridgehead atoms. The van der Waals surface area contributed by atoms with Gasteiger partial charge in [-0.3, -0.25) is 0 Å². The summed E-state index contributed by atoms with van der Waals surface area (Å²) in [5, 5.41) is 0. The van der Waals surface area contributed by atoms with Crippen molar-refractivity contribution in [3.05, 3.63) is 0 Å². The number of ketones is 2. The van der Waals surface area contributed by atoms with E-state index in [0.717, 1.165) is 51.4 Å². The summed E-state index contributed by atoms with van der Waals surface area (Å²) in [6.45, 7) is -3.85. The topological polar surface area (TPSA) is 34.1 Å². The molecule has 10 fully saturated rings. The van der Waals surface area contributed by atoms with Crippen LogP contribution < -0.4 is 0 Å². The van der Waals surface area contributed by atoms with E-state index in [-0.39, 0.29) is 8.63 Å². The molecule has 0 aromatic carbocycles. The Morgan fingerprint density at radius 2 is 1.09 bits per heavy atom. The van der Waals surface area contributed by atoms with E-state index in [4.69, 9.17) is 23.2 Å². The maximum absolute atomic E-state index is 13.4. The Kier molecular flexibility index (Phi) is 0.576. The quantitative estimate of drug-likeness (QED) is 0.413. The van der Waals surface area contributed by atoms with Crippen LogP contribution in [0.2, 0.25) is 47.2 Å². The van der Waals surface area contributed by atoms with Gasteiger partial charge in [-0.2, -0.15) is 0 Å². The normalized spacial score (nSPS) is 94.2. The fraction of sp³-hybridized carbons (Fsp3) is 0.889. The summed E-state index contributed by atoms with van der Waals surface area (Å²) in [6, 6.07) is 0. The predicted octanol–water partition coefficient (Wildman–Crippen LogP) is 5.29. The van der Waals surface area contributed by atoms with E-state index in [1.165, 1.54) is 0 Å². The number of Topliss-reactive ketones (excluding diaryl/α,β-unsaturated/α-hetero) is 2. The second kappa shape index (κ2) is 1.18. The zero-order chi connectivity index (χ0) is 15.3. The molecule has 1 spiro atoms. The molecule has 10 rings (SSSR count). The van der Waals surface area contributed by atoms with Crippen LogP contribution in [0.15, 0.2) is 0 Å². The number of carbonyl (C=O) groups is 2. The van der Waals surface area contributed by atoms with E-state index < -0.39 is 6.51 Å². The first-order valence-electron chi connectivity index (χ1n) is 9.29. The van der Waals surface area contributed by atoms with Gasteiger partial charge in [0.1, 0.15) is 0 Å². The van der Waals surface area contributed by atoms with Crippen molar-refractivity contribution in [2.75, 3.05) is 11.8 Å². The van der Waals surface area contributed by atoms with Crippen molar-refractivity contribution >= 4 is 34.8 Å². The third kappa shape index (κ3) is 0.154. The third-order valence-corrected chi connectivity index (χ3v) is 60.0. The van der Waals surface area contributed by atoms with Crippen molar-refractivity contribution in [1.29, 1.82) is 0 Å². The maximum atomic E-state index is 13.4. The standard InChI is InChI=1S/2C9H10ClO.Fe/c2*10-7-3-6-9(11)8-4-1-2-5-8;/h2*1-2,4-5H,3,6-7H2;. The molecule has 2 nitrogen and oxygen atoms in total. The number of hydrogen-bond donors (Lipinski definition) is 0. The summed E-state index contributed by atoms with van der Waals surface area (Å²) in [4.78, 5) is 34.2. The van der Waals surface area contributed by atoms with Crippen molar-refractivity contribution < 1.29 is 16.1 Å². The first-order valence-corrected chi connectivity index (χ1v) is 16.6. The Balaban J connectivity index is 1.28. The number of hydrogen-bond acceptors (Lipinski definition) is 2. The fourth-order valence-electron chi connectivity index (χ4n) is 18.9. The molecule has 0 aliphatic carbocycles. The molecular formula is C18H20Cl2FeO2. The summed E-state index contributed by atoms with van der Waals surface area (Å²) in [7, 11) is 0. The molecule has 0 N–H and O–H groups in total. The number of carbonyl (C=O) groups excluding carboxylic acids is 2. The molecule has 10 heterocycles. The van der Waals surface area contributed by atoms with Crippen LogP contribution in [-0.4, -0.2) is 23.3 Å². The van der Waals surface area contributed by atoms with E-state index in [0.29, 0.717) is 36.2 Å². The first-order chi connectivity index (χ1) is 10.9. The first kappa shape index (κ1) is 11.2. The SMILES string of the molecule is O=C(CCCCl)[C]12[CH]3[CH]4[CH]5[CH]1[Fe]45321678[CH]2[CH]1[CH]6[C]7(C(=O)CCCCl)[CH]28. The Bertz CT molecular complexity index is 1100. The Hall–Kier alpha value is 0.439. The summed E-state index contributed by atoms with van der Waals surface area (Å²) >= 11 is 11.8. The Morgan fingerprint density at radius 1 is 0.739 bits per heavy atom. The number of halogens is 2. The van der Waals surface area contributed by atoms with E-state index in [1.54, 1.807) is 0 Å². The zero-order valence-corrected chi connectivity index (χ0v) is 15.4. The average Bonchev–Trinajstić information content (AvgIpc) is 3.49. The Labute approximate surface area is 135 Å². The van der Waals surface area contributed by atoms with E-state index in [9.17, 15) is 9.59 Å². The third-order valence-electron chi connectivity index (χ3n) is 16.7. The molecule has 0 aromatic rings. The molecule has 23 heavy (non-hydrogen) atoms. The van der Waals surface area contributed by atoms with Gasteiger partial charge < -0.3 is 0 Å². The predicted molar refractivity (Wildman–Crippen MR) is 85.3 cm³/mol. The molecule has 0 amide bonds. The Morgan fingerprint density at radius 3 is 1.35 bits per heavy atom. The van der Waals surface area contributed by atoms with Gasteiger partial charge in [0, 0.05) is 0 Å². The van der Waals surface area contributed by atoms with Gasteiger partial charge in [-0.1, -0.05) is 0 Å². The second-order valence-electron chi connectivity index (χ2n) is 12.2. The van der Waals surface area contributed by atoms with Crippen LogP contribution in [0, 0.1) is 0 Å². The monoisotopic (exact) mass is 394 g/mol. The summed E-state index contributed by atoms with van der Waals surface area (Å²) in [5.74, 6) is 2.45. The molecular weight excluding hydrogens is 375 g/mol. The van der Waals surface area contributed by atoms with Crippen LogP contribution in [0.1, 0.15) is 25.7 Å². The van der Waals surface area contributed by atoms with Gasteiger partial charge in [0.2, 0.25) is 0 Å². The number of rotatable bonds is 8. The van der Waals surface area contributed by atoms with Crippen LogP contribution in [0.4, 0.5) is 0 Å². The molecule has 0 radical (unpaired) electrons. The number of fused-ring (bicyclic) bond motifs is 10. The summed E-state index contributed by atoms with van der Waals surface area (Å²) in [6.07, 6.45) is 3.13. The average molecular weight is 395 g/mol. The van der Waals surface area contributed by atoms with E-state index in [2.05, 4.69) is 0 Å². The van der Waals surface area contributed by atoms with Crippen molar-refractivity contribution in [3.8, 4) is 0 Å². The van der Waals surface area contributed by atoms with Crippen molar-refractivity contribution in [1.82, 2.24) is 0 Å². The van der Waals surface area contributed by atoms with Gasteiger partial charge in [-0.25, -0.2) is 0 Å². The van der Waals surface area contributed by atoms with Crippen molar-refractivity contribution in [2.45, 2.75) is 72.8 Å². The van der Waals surface area contributed by atoms with Crippen molar-refractivity contribution in [2.24, 2.45) is 0 Å². The molecule has 10 aliphatic heterocycles. The summed E-state index contributed by atoms with van der Waals surface area (Å²) < 4.78 is 0.383. The van der Waals surface area contributed by atoms with Gasteiger partial charge in [0.15, 0.2) is 0 Å². The van der Waals surface area contributed by atoms with Gasteiger partial charge >= 0.3 is 135 Å². The number of alkyl halides is 2. The van der Waals surface area contributed by atoms with Gasteiger partial charge in [0.25, 0.3) is 0 Å². The molecule has 5 heteroatoms. The minimum absolute atomic E-state index is 0.192. The van der Waals surface area contributed by atoms with Crippen LogP contribution >= 0.6 is 23.2 Å². The fourth-order valence-corrected chi connectivity index (χ4v) is 95.2. The van der Waals surface area contributed by atoms with Crippen LogP contribution in [0.25, 0.3) is 0 Å². The van der Waals surface area contributed by atoms with Crippen LogP contribution in [-0.2, 0) is 16.1 Å². The zero-order valence-electron chi connectivity index (χ0n) is 12.8. The van der Waals surface area contributed by atoms with E-state index in [1.807, 2.05) is 0 Å². The molecule has 8 atom stereocenters. The minimum atomic E-state index is -3.85. The molecule has 126 valence electrons. The van der Waals surface area contributed by atoms with Gasteiger partial charge in [-0.05, 0) is 0 Å². The molecule has 0 saturated carbocycles. The van der Waals surface area contributed by atoms with Crippen LogP contribution in [0.5, 0.6) is 0 Å². The van der Waals surface area contributed by atoms with Gasteiger partial charge in [0.05, 0.1) is 0 Å². The molecule has 10 aliphatic rings. The molecule has 0 aromatic heterocycles. The van der Waals surface area contributed by atoms with E-state index >= 15 is 0 Å². The van der Waals surface area contributed by atoms with Crippen molar-refractivity contribution in [3.63, 3.8) is 0 Å². The molecule has 10 saturated heterocycles. The molecule has 8 unspecified atom stereocenters. The van der Waals surface area contributed by atoms with Crippen LogP contribution in [0.3, 0.4) is 0 Å². The van der Waals surface area contributed by atoms with Gasteiger partial charge in [-0.15, -0.1) is 0 Å². The second-order valence-corrected chi connectivity index (χ2v) is 36.2. The summed E-state index contributed by atoms with van der Waals surface area (Å²) in [5.41, 5.74) is 0.